The monoisotopic (exact) mass is 1320 g/mol. The molecule has 0 radical (unpaired) electrons. The number of hydrogen-bond acceptors (Lipinski definition) is 24. The fourth-order valence-corrected chi connectivity index (χ4v) is 12.1. The van der Waals surface area contributed by atoms with Gasteiger partial charge in [0.15, 0.2) is 41.1 Å². The zero-order valence-electron chi connectivity index (χ0n) is 52.9. The topological polar surface area (TPSA) is 321 Å². The maximum Gasteiger partial charge on any atom is 0.519 e. The first-order chi connectivity index (χ1) is 40.5. The quantitative estimate of drug-likeness (QED) is 0.0601. The van der Waals surface area contributed by atoms with Crippen LogP contribution in [0.3, 0.4) is 0 Å². The van der Waals surface area contributed by atoms with Gasteiger partial charge in [-0.25, -0.2) is 49.2 Å². The molecule has 4 saturated heterocycles. The Hall–Kier alpha value is -4.93. The second kappa shape index (κ2) is 26.0. The Kier molecular flexibility index (Phi) is 20.4. The Morgan fingerprint density at radius 3 is 1.44 bits per heavy atom. The molecule has 6 aliphatic rings. The predicted molar refractivity (Wildman–Crippen MR) is 321 cm³/mol. The van der Waals surface area contributed by atoms with Crippen molar-refractivity contribution in [2.45, 2.75) is 231 Å². The fourth-order valence-electron chi connectivity index (χ4n) is 11.0. The van der Waals surface area contributed by atoms with E-state index in [4.69, 9.17) is 65.8 Å². The van der Waals surface area contributed by atoms with Crippen molar-refractivity contribution < 1.29 is 78.6 Å². The molecule has 0 bridgehead atoms. The molecular weight excluding hydrogens is 1240 g/mol. The van der Waals surface area contributed by atoms with E-state index in [-0.39, 0.29) is 29.7 Å². The molecule has 8 heterocycles. The third-order valence-electron chi connectivity index (χ3n) is 14.7. The molecule has 0 aromatic carbocycles. The zero-order valence-corrected chi connectivity index (χ0v) is 56.1. The minimum Gasteiger partial charge on any atom is -0.443 e. The number of fused-ring (bicyclic) bond motifs is 4. The summed E-state index contributed by atoms with van der Waals surface area (Å²) in [5, 5.41) is 13.9. The van der Waals surface area contributed by atoms with Gasteiger partial charge in [0.2, 0.25) is 30.6 Å². The van der Waals surface area contributed by atoms with Crippen LogP contribution in [0.5, 0.6) is 0 Å². The summed E-state index contributed by atoms with van der Waals surface area (Å²) < 4.78 is 111. The molecule has 2 aliphatic carbocycles. The molecule has 4 aromatic heterocycles. The number of likely N-dealkylation sites (N-methyl/N-ethyl adjacent to an activating group) is 2. The van der Waals surface area contributed by atoms with Gasteiger partial charge in [-0.1, -0.05) is 25.7 Å². The van der Waals surface area contributed by atoms with Crippen LogP contribution in [0.4, 0.5) is 26.0 Å². The number of amides is 1. The zero-order chi connectivity index (χ0) is 65.0. The highest BCUT2D eigenvalue weighted by atomic mass is 35.5. The lowest BCUT2D eigenvalue weighted by Crippen LogP contribution is -2.43. The molecule has 8 atom stereocenters. The summed E-state index contributed by atoms with van der Waals surface area (Å²) in [5.41, 5.74) is -1.24. The molecule has 2 saturated carbocycles. The first kappa shape index (κ1) is 69.0. The average molecular weight is 1320 g/mol. The lowest BCUT2D eigenvalue weighted by molar-refractivity contribution is -0.198. The largest absolute Gasteiger partial charge is 0.519 e. The van der Waals surface area contributed by atoms with Crippen LogP contribution in [0.25, 0.3) is 22.1 Å². The van der Waals surface area contributed by atoms with E-state index in [0.717, 1.165) is 56.4 Å². The number of sulfonamides is 2. The van der Waals surface area contributed by atoms with Crippen LogP contribution in [-0.2, 0) is 67.4 Å². The molecule has 6 fully saturated rings. The van der Waals surface area contributed by atoms with Gasteiger partial charge in [-0.15, -0.1) is 0 Å². The molecule has 1 N–H and O–H groups in total. The highest BCUT2D eigenvalue weighted by molar-refractivity contribution is 7.88. The van der Waals surface area contributed by atoms with E-state index in [1.165, 1.54) is 40.2 Å². The fraction of sp³-hybridized carbons (Fsp3) is 0.764. The minimum atomic E-state index is -3.46. The number of carbonyl (C=O) groups excluding carboxylic acids is 3. The lowest BCUT2D eigenvalue weighted by Gasteiger charge is -2.31. The lowest BCUT2D eigenvalue weighted by atomic mass is 10.1. The third-order valence-corrected chi connectivity index (χ3v) is 17.6. The van der Waals surface area contributed by atoms with Crippen LogP contribution in [0.15, 0.2) is 12.4 Å². The molecule has 88 heavy (non-hydrogen) atoms. The Balaban J connectivity index is 0.000000188. The second-order valence-electron chi connectivity index (χ2n) is 26.6. The number of nitrogens with one attached hydrogen (secondary N) is 1. The van der Waals surface area contributed by atoms with Crippen molar-refractivity contribution in [3.8, 4) is 0 Å². The van der Waals surface area contributed by atoms with Crippen LogP contribution in [0, 0.1) is 0 Å². The third kappa shape index (κ3) is 17.2. The van der Waals surface area contributed by atoms with E-state index in [2.05, 4.69) is 40.2 Å². The van der Waals surface area contributed by atoms with Crippen LogP contribution >= 0.6 is 23.2 Å². The van der Waals surface area contributed by atoms with E-state index < -0.39 is 116 Å². The molecule has 0 unspecified atom stereocenters. The molecule has 33 heteroatoms. The smallest absolute Gasteiger partial charge is 0.443 e. The van der Waals surface area contributed by atoms with Crippen LogP contribution in [-0.4, -0.2) is 200 Å². The molecule has 4 aliphatic heterocycles. The summed E-state index contributed by atoms with van der Waals surface area (Å²) in [7, 11) is -3.85. The summed E-state index contributed by atoms with van der Waals surface area (Å²) in [6, 6.07) is 0.237. The van der Waals surface area contributed by atoms with Crippen LogP contribution in [0.2, 0.25) is 10.6 Å². The summed E-state index contributed by atoms with van der Waals surface area (Å²) in [6.45, 7) is 22.9. The molecular formula is C55H84Cl2N12O17S2. The van der Waals surface area contributed by atoms with E-state index >= 15 is 0 Å². The van der Waals surface area contributed by atoms with Crippen molar-refractivity contribution in [3.05, 3.63) is 23.0 Å². The molecule has 10 rings (SSSR count). The van der Waals surface area contributed by atoms with Gasteiger partial charge < -0.3 is 52.7 Å². The standard InChI is InChI=1S/C25H37ClN6O7S.C20H29ClN6O5S.C10H18O5/c1-24(2,3)39-23(33)31(14-10-8-9-11-14)19-15-12-27-32(20(15)29-22(26)28-19)21-18-17(37-25(4,5)38-18)16(36-21)13-30(6)40(7,34)35;1-20(2)31-14-13(10-26(3)33(4,28)29)30-18(15(14)32-20)27-17-12(9-22-27)16(24-19(21)25-17)23-11-7-5-6-8-11;1-9(2,3)14-7(11)13-8(12)15-10(4,5)6/h12,14,16-18,21H,8-11,13H2,1-7H3;9,11,13-15,18H,5-8,10H2,1-4H3,(H,23,24,25);1-6H3/t16-,17-,18-,21-;13-,14-,15-,18-;/m11./s1. The highest BCUT2D eigenvalue weighted by Crippen LogP contribution is 2.46. The van der Waals surface area contributed by atoms with Crippen LogP contribution in [0.1, 0.15) is 154 Å². The first-order valence-corrected chi connectivity index (χ1v) is 33.6. The Morgan fingerprint density at radius 1 is 0.614 bits per heavy atom. The number of aromatic nitrogens is 8. The number of nitrogens with zero attached hydrogens (tertiary/aromatic N) is 11. The van der Waals surface area contributed by atoms with Crippen molar-refractivity contribution in [1.82, 2.24) is 48.1 Å². The Labute approximate surface area is 523 Å². The summed E-state index contributed by atoms with van der Waals surface area (Å²) >= 11 is 12.7. The van der Waals surface area contributed by atoms with Crippen LogP contribution < -0.4 is 10.2 Å². The van der Waals surface area contributed by atoms with Crippen molar-refractivity contribution in [1.29, 1.82) is 0 Å². The molecule has 4 aromatic rings. The summed E-state index contributed by atoms with van der Waals surface area (Å²) in [6.07, 6.45) is 6.27. The minimum absolute atomic E-state index is 0.0598. The van der Waals surface area contributed by atoms with Gasteiger partial charge in [0.1, 0.15) is 59.2 Å². The number of ether oxygens (including phenoxy) is 10. The predicted octanol–water partition coefficient (Wildman–Crippen LogP) is 8.49. The molecule has 1 amide bonds. The average Bonchev–Trinajstić information content (AvgIpc) is 1.99. The van der Waals surface area contributed by atoms with Crippen molar-refractivity contribution in [2.75, 3.05) is 49.9 Å². The summed E-state index contributed by atoms with van der Waals surface area (Å²) in [4.78, 5) is 54.8. The number of hydrogen-bond donors (Lipinski definition) is 1. The van der Waals surface area contributed by atoms with Gasteiger partial charge in [-0.3, -0.25) is 4.90 Å². The number of halogens is 2. The van der Waals surface area contributed by atoms with Gasteiger partial charge in [0, 0.05) is 39.3 Å². The molecule has 29 nitrogen and oxygen atoms in total. The van der Waals surface area contributed by atoms with Crippen molar-refractivity contribution in [3.63, 3.8) is 0 Å². The highest BCUT2D eigenvalue weighted by Gasteiger charge is 2.58. The van der Waals surface area contributed by atoms with Crippen molar-refractivity contribution in [2.24, 2.45) is 0 Å². The van der Waals surface area contributed by atoms with Crippen molar-refractivity contribution >= 4 is 95.4 Å². The van der Waals surface area contributed by atoms with E-state index in [9.17, 15) is 31.2 Å². The SMILES string of the molecule is CC(C)(C)OC(=O)OC(=O)OC(C)(C)C.CN(C[C@H]1O[C@@H](n2ncc3c(N(C(=O)OC(C)(C)C)C4CCCC4)nc(Cl)nc32)[C@@H]2OC(C)(C)O[C@@H]21)S(C)(=O)=O.CN(C[C@H]1O[C@@H](n2ncc3c(NC4CCCC4)nc(Cl)nc32)[C@@H]2OC(C)(C)O[C@@H]21)S(C)(=O)=O. The number of anilines is 2. The Bertz CT molecular complexity index is 3390. The van der Waals surface area contributed by atoms with E-state index in [1.807, 2.05) is 34.6 Å². The number of rotatable bonds is 12. The normalized spacial score (nSPS) is 25.5. The second-order valence-corrected chi connectivity index (χ2v) is 31.5. The van der Waals surface area contributed by atoms with E-state index in [0.29, 0.717) is 34.4 Å². The van der Waals surface area contributed by atoms with Gasteiger partial charge in [-0.05, 0) is 139 Å². The summed E-state index contributed by atoms with van der Waals surface area (Å²) in [5.74, 6) is -0.802. The Morgan fingerprint density at radius 2 is 1.01 bits per heavy atom. The number of carbonyl (C=O) groups is 3. The maximum atomic E-state index is 13.5. The maximum absolute atomic E-state index is 13.5. The molecule has 492 valence electrons. The first-order valence-electron chi connectivity index (χ1n) is 29.1. The van der Waals surface area contributed by atoms with Gasteiger partial charge in [0.25, 0.3) is 0 Å². The van der Waals surface area contributed by atoms with Gasteiger partial charge >= 0.3 is 18.4 Å². The van der Waals surface area contributed by atoms with E-state index in [1.54, 1.807) is 77.4 Å². The van der Waals surface area contributed by atoms with Gasteiger partial charge in [0.05, 0.1) is 35.7 Å². The van der Waals surface area contributed by atoms with Gasteiger partial charge in [-0.2, -0.15) is 30.1 Å². The molecule has 0 spiro atoms.